The lowest BCUT2D eigenvalue weighted by molar-refractivity contribution is -0.137. The fourth-order valence-corrected chi connectivity index (χ4v) is 2.12. The van der Waals surface area contributed by atoms with Crippen molar-refractivity contribution in [2.45, 2.75) is 20.0 Å². The Hall–Kier alpha value is -1.73. The Morgan fingerprint density at radius 1 is 1.32 bits per heavy atom. The zero-order chi connectivity index (χ0) is 18.2. The molecule has 0 radical (unpaired) electrons. The van der Waals surface area contributed by atoms with Crippen LogP contribution in [-0.4, -0.2) is 43.6 Å². The van der Waals surface area contributed by atoms with E-state index in [0.29, 0.717) is 13.1 Å². The lowest BCUT2D eigenvalue weighted by atomic mass is 10.1. The number of benzene rings is 1. The lowest BCUT2D eigenvalue weighted by Gasteiger charge is -2.18. The molecule has 0 bridgehead atoms. The molecule has 142 valence electrons. The summed E-state index contributed by atoms with van der Waals surface area (Å²) in [6.45, 7) is 10.3. The Morgan fingerprint density at radius 2 is 1.96 bits per heavy atom. The molecule has 1 amide bonds. The largest absolute Gasteiger partial charge is 0.489 e. The van der Waals surface area contributed by atoms with Gasteiger partial charge in [0.1, 0.15) is 12.4 Å². The molecule has 0 aliphatic carbocycles. The van der Waals surface area contributed by atoms with Crippen molar-refractivity contribution in [3.8, 4) is 5.75 Å². The second-order valence-electron chi connectivity index (χ2n) is 5.09. The Bertz CT molecular complexity index is 561. The van der Waals surface area contributed by atoms with Gasteiger partial charge in [0.15, 0.2) is 0 Å². The molecule has 0 unspecified atom stereocenters. The van der Waals surface area contributed by atoms with Gasteiger partial charge in [0.05, 0.1) is 11.1 Å². The molecule has 1 rings (SSSR count). The molecule has 0 heterocycles. The summed E-state index contributed by atoms with van der Waals surface area (Å²) in [7, 11) is 0. The van der Waals surface area contributed by atoms with E-state index in [9.17, 15) is 18.0 Å². The van der Waals surface area contributed by atoms with E-state index < -0.39 is 17.6 Å². The zero-order valence-corrected chi connectivity index (χ0v) is 15.2. The van der Waals surface area contributed by atoms with Crippen LogP contribution in [0.5, 0.6) is 5.75 Å². The number of nitrogens with one attached hydrogen (secondary N) is 1. The normalized spacial score (nSPS) is 11.0. The average Bonchev–Trinajstić information content (AvgIpc) is 2.55. The topological polar surface area (TPSA) is 41.6 Å². The van der Waals surface area contributed by atoms with E-state index in [-0.39, 0.29) is 30.3 Å². The number of ether oxygens (including phenoxy) is 1. The van der Waals surface area contributed by atoms with Crippen LogP contribution in [0.3, 0.4) is 0 Å². The van der Waals surface area contributed by atoms with Crippen molar-refractivity contribution in [3.63, 3.8) is 0 Å². The van der Waals surface area contributed by atoms with Crippen LogP contribution in [0.4, 0.5) is 13.2 Å². The van der Waals surface area contributed by atoms with Crippen LogP contribution in [0.2, 0.25) is 0 Å². The van der Waals surface area contributed by atoms with Gasteiger partial charge in [-0.2, -0.15) is 13.2 Å². The summed E-state index contributed by atoms with van der Waals surface area (Å²) in [5.74, 6) is -0.569. The Labute approximate surface area is 152 Å². The monoisotopic (exact) mass is 380 g/mol. The highest BCUT2D eigenvalue weighted by atomic mass is 35.5. The molecule has 0 spiro atoms. The first kappa shape index (κ1) is 23.3. The SMILES string of the molecule is C=CCOc1cc(C(F)(F)F)ccc1C(=O)NCCN(CC)CC.Cl. The van der Waals surface area contributed by atoms with Gasteiger partial charge in [0.2, 0.25) is 0 Å². The molecule has 0 aliphatic heterocycles. The van der Waals surface area contributed by atoms with E-state index in [1.807, 2.05) is 13.8 Å². The van der Waals surface area contributed by atoms with Gasteiger partial charge in [-0.15, -0.1) is 12.4 Å². The summed E-state index contributed by atoms with van der Waals surface area (Å²) in [4.78, 5) is 14.4. The van der Waals surface area contributed by atoms with E-state index in [0.717, 1.165) is 31.3 Å². The standard InChI is InChI=1S/C17H23F3N2O2.ClH/c1-4-11-24-15-12-13(17(18,19)20)7-8-14(15)16(23)21-9-10-22(5-2)6-3;/h4,7-8,12H,1,5-6,9-11H2,2-3H3,(H,21,23);1H. The molecule has 0 saturated heterocycles. The summed E-state index contributed by atoms with van der Waals surface area (Å²) in [6, 6.07) is 2.84. The molecule has 4 nitrogen and oxygen atoms in total. The molecule has 0 aromatic heterocycles. The number of amides is 1. The van der Waals surface area contributed by atoms with E-state index in [2.05, 4.69) is 16.8 Å². The first-order valence-electron chi connectivity index (χ1n) is 7.78. The van der Waals surface area contributed by atoms with Gasteiger partial charge in [-0.3, -0.25) is 4.79 Å². The quantitative estimate of drug-likeness (QED) is 0.663. The lowest BCUT2D eigenvalue weighted by Crippen LogP contribution is -2.35. The highest BCUT2D eigenvalue weighted by molar-refractivity contribution is 5.97. The molecule has 0 saturated carbocycles. The minimum atomic E-state index is -4.50. The summed E-state index contributed by atoms with van der Waals surface area (Å²) in [5, 5.41) is 2.71. The third kappa shape index (κ3) is 7.36. The van der Waals surface area contributed by atoms with Crippen LogP contribution in [0, 0.1) is 0 Å². The molecule has 1 N–H and O–H groups in total. The van der Waals surface area contributed by atoms with Crippen LogP contribution in [0.15, 0.2) is 30.9 Å². The van der Waals surface area contributed by atoms with E-state index in [1.165, 1.54) is 6.08 Å². The third-order valence-corrected chi connectivity index (χ3v) is 3.52. The summed E-state index contributed by atoms with van der Waals surface area (Å²) in [6.07, 6.45) is -3.09. The summed E-state index contributed by atoms with van der Waals surface area (Å²) in [5.41, 5.74) is -0.786. The van der Waals surface area contributed by atoms with Gasteiger partial charge in [-0.25, -0.2) is 0 Å². The molecular weight excluding hydrogens is 357 g/mol. The van der Waals surface area contributed by atoms with Crippen molar-refractivity contribution >= 4 is 18.3 Å². The van der Waals surface area contributed by atoms with Gasteiger partial charge in [0, 0.05) is 13.1 Å². The van der Waals surface area contributed by atoms with E-state index in [4.69, 9.17) is 4.74 Å². The molecule has 8 heteroatoms. The number of carbonyl (C=O) groups is 1. The van der Waals surface area contributed by atoms with Crippen LogP contribution in [0.1, 0.15) is 29.8 Å². The van der Waals surface area contributed by atoms with E-state index in [1.54, 1.807) is 0 Å². The molecule has 0 fully saturated rings. The number of likely N-dealkylation sites (N-methyl/N-ethyl adjacent to an activating group) is 1. The molecule has 1 aromatic carbocycles. The van der Waals surface area contributed by atoms with Gasteiger partial charge in [-0.05, 0) is 31.3 Å². The molecule has 0 aliphatic rings. The highest BCUT2D eigenvalue weighted by Gasteiger charge is 2.31. The predicted octanol–water partition coefficient (Wildman–Crippen LogP) is 3.76. The Morgan fingerprint density at radius 3 is 2.48 bits per heavy atom. The third-order valence-electron chi connectivity index (χ3n) is 3.52. The smallest absolute Gasteiger partial charge is 0.416 e. The van der Waals surface area contributed by atoms with Crippen LogP contribution in [-0.2, 0) is 6.18 Å². The maximum atomic E-state index is 12.8. The second-order valence-corrected chi connectivity index (χ2v) is 5.09. The predicted molar refractivity (Wildman–Crippen MR) is 94.5 cm³/mol. The van der Waals surface area contributed by atoms with Crippen molar-refractivity contribution in [2.24, 2.45) is 0 Å². The number of hydrogen-bond donors (Lipinski definition) is 1. The fraction of sp³-hybridized carbons (Fsp3) is 0.471. The summed E-state index contributed by atoms with van der Waals surface area (Å²) < 4.78 is 43.7. The summed E-state index contributed by atoms with van der Waals surface area (Å²) >= 11 is 0. The van der Waals surface area contributed by atoms with Crippen LogP contribution < -0.4 is 10.1 Å². The van der Waals surface area contributed by atoms with Crippen molar-refractivity contribution < 1.29 is 22.7 Å². The average molecular weight is 381 g/mol. The Kier molecular flexibility index (Phi) is 10.2. The fourth-order valence-electron chi connectivity index (χ4n) is 2.12. The molecule has 25 heavy (non-hydrogen) atoms. The molecular formula is C17H24ClF3N2O2. The van der Waals surface area contributed by atoms with Crippen molar-refractivity contribution in [1.82, 2.24) is 10.2 Å². The first-order chi connectivity index (χ1) is 11.3. The van der Waals surface area contributed by atoms with E-state index >= 15 is 0 Å². The highest BCUT2D eigenvalue weighted by Crippen LogP contribution is 2.33. The number of carbonyl (C=O) groups excluding carboxylic acids is 1. The van der Waals surface area contributed by atoms with Crippen LogP contribution >= 0.6 is 12.4 Å². The second kappa shape index (κ2) is 11.0. The van der Waals surface area contributed by atoms with Crippen molar-refractivity contribution in [3.05, 3.63) is 42.0 Å². The number of alkyl halides is 3. The maximum absolute atomic E-state index is 12.8. The minimum absolute atomic E-state index is 0. The number of halogens is 4. The van der Waals surface area contributed by atoms with Gasteiger partial charge >= 0.3 is 6.18 Å². The van der Waals surface area contributed by atoms with Gasteiger partial charge in [0.25, 0.3) is 5.91 Å². The van der Waals surface area contributed by atoms with Gasteiger partial charge < -0.3 is 15.0 Å². The molecule has 0 atom stereocenters. The first-order valence-corrected chi connectivity index (χ1v) is 7.78. The van der Waals surface area contributed by atoms with Crippen LogP contribution in [0.25, 0.3) is 0 Å². The number of hydrogen-bond acceptors (Lipinski definition) is 3. The Balaban J connectivity index is 0.00000576. The number of nitrogens with zero attached hydrogens (tertiary/aromatic N) is 1. The van der Waals surface area contributed by atoms with Gasteiger partial charge in [-0.1, -0.05) is 26.5 Å². The minimum Gasteiger partial charge on any atom is -0.489 e. The zero-order valence-electron chi connectivity index (χ0n) is 14.4. The van der Waals surface area contributed by atoms with Crippen molar-refractivity contribution in [1.29, 1.82) is 0 Å². The maximum Gasteiger partial charge on any atom is 0.416 e. The molecule has 1 aromatic rings. The number of rotatable bonds is 9. The van der Waals surface area contributed by atoms with Crippen molar-refractivity contribution in [2.75, 3.05) is 32.8 Å².